The monoisotopic (exact) mass is 404 g/mol. The maximum absolute atomic E-state index is 14.6. The first-order valence-electron chi connectivity index (χ1n) is 10.4. The lowest BCUT2D eigenvalue weighted by Gasteiger charge is -2.32. The average Bonchev–Trinajstić information content (AvgIpc) is 2.99. The predicted molar refractivity (Wildman–Crippen MR) is 118 cm³/mol. The maximum atomic E-state index is 14.6. The summed E-state index contributed by atoms with van der Waals surface area (Å²) in [4.78, 5) is 12.1. The van der Waals surface area contributed by atoms with Gasteiger partial charge in [-0.2, -0.15) is 5.10 Å². The highest BCUT2D eigenvalue weighted by Crippen LogP contribution is 2.42. The molecule has 7 heteroatoms. The van der Waals surface area contributed by atoms with Gasteiger partial charge in [-0.25, -0.2) is 14.4 Å². The Hall–Kier alpha value is -3.22. The summed E-state index contributed by atoms with van der Waals surface area (Å²) in [5.74, 6) is 1.74. The highest BCUT2D eigenvalue weighted by molar-refractivity contribution is 6.13. The van der Waals surface area contributed by atoms with E-state index < -0.39 is 0 Å². The number of anilines is 2. The van der Waals surface area contributed by atoms with Crippen LogP contribution in [0.25, 0.3) is 11.3 Å². The number of aryl methyl sites for hydroxylation is 2. The minimum Gasteiger partial charge on any atom is -0.356 e. The maximum Gasteiger partial charge on any atom is 0.141 e. The topological polar surface area (TPSA) is 69.2 Å². The Morgan fingerprint density at radius 2 is 2.00 bits per heavy atom. The molecular formula is C23H25FN6. The first-order valence-corrected chi connectivity index (χ1v) is 10.4. The molecule has 2 aliphatic rings. The Morgan fingerprint density at radius 3 is 2.80 bits per heavy atom. The zero-order valence-corrected chi connectivity index (χ0v) is 17.5. The smallest absolute Gasteiger partial charge is 0.141 e. The average molecular weight is 404 g/mol. The van der Waals surface area contributed by atoms with Crippen LogP contribution < -0.4 is 10.2 Å². The minimum atomic E-state index is -0.320. The van der Waals surface area contributed by atoms with E-state index in [2.05, 4.69) is 33.4 Å². The highest BCUT2D eigenvalue weighted by atomic mass is 19.1. The molecule has 0 saturated carbocycles. The molecular weight excluding hydrogens is 379 g/mol. The predicted octanol–water partition coefficient (Wildman–Crippen LogP) is 4.97. The van der Waals surface area contributed by atoms with Gasteiger partial charge in [-0.05, 0) is 50.8 Å². The quantitative estimate of drug-likeness (QED) is 0.633. The molecule has 5 rings (SSSR count). The van der Waals surface area contributed by atoms with Crippen LogP contribution >= 0.6 is 0 Å². The van der Waals surface area contributed by atoms with Crippen LogP contribution in [0, 0.1) is 25.6 Å². The van der Waals surface area contributed by atoms with E-state index in [-0.39, 0.29) is 5.82 Å². The Balaban J connectivity index is 1.70. The third-order valence-electron chi connectivity index (χ3n) is 5.93. The van der Waals surface area contributed by atoms with Gasteiger partial charge in [0.2, 0.25) is 0 Å². The van der Waals surface area contributed by atoms with E-state index in [1.54, 1.807) is 12.1 Å². The normalized spacial score (nSPS) is 18.2. The van der Waals surface area contributed by atoms with Crippen LogP contribution in [0.4, 0.5) is 21.6 Å². The molecule has 0 amide bonds. The number of aliphatic imine (C=N–C) groups is 1. The highest BCUT2D eigenvalue weighted by Gasteiger charge is 2.26. The van der Waals surface area contributed by atoms with Gasteiger partial charge in [-0.1, -0.05) is 19.1 Å². The Kier molecular flexibility index (Phi) is 4.53. The summed E-state index contributed by atoms with van der Waals surface area (Å²) in [7, 11) is 0. The van der Waals surface area contributed by atoms with Gasteiger partial charge in [-0.3, -0.25) is 5.10 Å². The number of amidine groups is 1. The minimum absolute atomic E-state index is 0.320. The molecule has 154 valence electrons. The van der Waals surface area contributed by atoms with Crippen molar-refractivity contribution in [3.05, 3.63) is 53.1 Å². The van der Waals surface area contributed by atoms with E-state index in [1.807, 2.05) is 19.9 Å². The van der Waals surface area contributed by atoms with E-state index >= 15 is 0 Å². The number of fused-ring (bicyclic) bond motifs is 3. The molecule has 0 aliphatic carbocycles. The van der Waals surface area contributed by atoms with Gasteiger partial charge in [0.1, 0.15) is 23.2 Å². The molecule has 1 atom stereocenters. The van der Waals surface area contributed by atoms with Crippen LogP contribution in [0.15, 0.2) is 35.3 Å². The standard InChI is InChI=1S/C23H25FN6/c1-13-7-6-10-30(12-13)19-11-17-20(14(2)25-19)26-23(16-8-4-5-9-18(16)24)27-21-15(3)28-29-22(17)21/h4-5,8-9,11,13H,6-7,10,12H2,1-3H3,(H,26,27)(H,28,29). The van der Waals surface area contributed by atoms with Crippen molar-refractivity contribution < 1.29 is 4.39 Å². The first-order chi connectivity index (χ1) is 14.5. The zero-order chi connectivity index (χ0) is 20.8. The summed E-state index contributed by atoms with van der Waals surface area (Å²) in [5.41, 5.74) is 5.35. The van der Waals surface area contributed by atoms with Gasteiger partial charge in [-0.15, -0.1) is 0 Å². The summed E-state index contributed by atoms with van der Waals surface area (Å²) < 4.78 is 14.6. The van der Waals surface area contributed by atoms with Crippen LogP contribution in [-0.4, -0.2) is 34.1 Å². The van der Waals surface area contributed by atoms with Crippen molar-refractivity contribution in [3.63, 3.8) is 0 Å². The van der Waals surface area contributed by atoms with E-state index in [9.17, 15) is 4.39 Å². The largest absolute Gasteiger partial charge is 0.356 e. The molecule has 3 aromatic rings. The van der Waals surface area contributed by atoms with E-state index in [0.29, 0.717) is 17.3 Å². The number of nitrogens with zero attached hydrogens (tertiary/aromatic N) is 4. The number of hydrogen-bond donors (Lipinski definition) is 2. The third kappa shape index (κ3) is 3.14. The van der Waals surface area contributed by atoms with Crippen molar-refractivity contribution in [2.24, 2.45) is 10.9 Å². The molecule has 0 radical (unpaired) electrons. The second kappa shape index (κ2) is 7.23. The van der Waals surface area contributed by atoms with Gasteiger partial charge in [0.05, 0.1) is 28.3 Å². The molecule has 1 fully saturated rings. The van der Waals surface area contributed by atoms with Gasteiger partial charge >= 0.3 is 0 Å². The zero-order valence-electron chi connectivity index (χ0n) is 17.5. The SMILES string of the molecule is Cc1nc(N2CCCC(C)C2)cc2c1N=C(c1ccccc1F)Nc1c-2n[nH]c1C. The molecule has 6 nitrogen and oxygen atoms in total. The molecule has 2 N–H and O–H groups in total. The first kappa shape index (κ1) is 18.8. The number of halogens is 1. The Bertz CT molecular complexity index is 1150. The van der Waals surface area contributed by atoms with Crippen LogP contribution in [0.3, 0.4) is 0 Å². The molecule has 1 aromatic carbocycles. The van der Waals surface area contributed by atoms with E-state index in [1.165, 1.54) is 18.9 Å². The van der Waals surface area contributed by atoms with Crippen LogP contribution in [-0.2, 0) is 0 Å². The van der Waals surface area contributed by atoms with E-state index in [4.69, 9.17) is 9.98 Å². The van der Waals surface area contributed by atoms with Crippen LogP contribution in [0.2, 0.25) is 0 Å². The molecule has 4 heterocycles. The second-order valence-electron chi connectivity index (χ2n) is 8.29. The number of H-pyrrole nitrogens is 1. The third-order valence-corrected chi connectivity index (χ3v) is 5.93. The second-order valence-corrected chi connectivity index (χ2v) is 8.29. The Morgan fingerprint density at radius 1 is 1.17 bits per heavy atom. The molecule has 1 saturated heterocycles. The summed E-state index contributed by atoms with van der Waals surface area (Å²) in [5, 5.41) is 10.9. The molecule has 30 heavy (non-hydrogen) atoms. The molecule has 1 unspecified atom stereocenters. The van der Waals surface area contributed by atoms with Crippen LogP contribution in [0.5, 0.6) is 0 Å². The fourth-order valence-corrected chi connectivity index (χ4v) is 4.35. The van der Waals surface area contributed by atoms with Gasteiger partial charge in [0, 0.05) is 18.7 Å². The van der Waals surface area contributed by atoms with Crippen molar-refractivity contribution in [2.75, 3.05) is 23.3 Å². The number of pyridine rings is 1. The fraction of sp³-hybridized carbons (Fsp3) is 0.348. The van der Waals surface area contributed by atoms with Crippen molar-refractivity contribution >= 4 is 23.0 Å². The number of aromatic nitrogens is 3. The molecule has 2 aliphatic heterocycles. The fourth-order valence-electron chi connectivity index (χ4n) is 4.35. The molecule has 2 aromatic heterocycles. The summed E-state index contributed by atoms with van der Waals surface area (Å²) in [6.45, 7) is 8.20. The lowest BCUT2D eigenvalue weighted by molar-refractivity contribution is 0.444. The number of benzene rings is 1. The van der Waals surface area contributed by atoms with E-state index in [0.717, 1.165) is 52.9 Å². The van der Waals surface area contributed by atoms with Crippen molar-refractivity contribution in [3.8, 4) is 11.3 Å². The molecule has 0 spiro atoms. The number of aromatic amines is 1. The summed E-state index contributed by atoms with van der Waals surface area (Å²) in [6, 6.07) is 8.74. The van der Waals surface area contributed by atoms with Gasteiger partial charge in [0.15, 0.2) is 0 Å². The summed E-state index contributed by atoms with van der Waals surface area (Å²) in [6.07, 6.45) is 2.42. The number of hydrogen-bond acceptors (Lipinski definition) is 5. The lowest BCUT2D eigenvalue weighted by Crippen LogP contribution is -2.34. The number of nitrogens with one attached hydrogen (secondary N) is 2. The van der Waals surface area contributed by atoms with Crippen molar-refractivity contribution in [2.45, 2.75) is 33.6 Å². The lowest BCUT2D eigenvalue weighted by atomic mass is 10.00. The van der Waals surface area contributed by atoms with Crippen molar-refractivity contribution in [1.29, 1.82) is 0 Å². The Labute approximate surface area is 175 Å². The molecule has 0 bridgehead atoms. The van der Waals surface area contributed by atoms with Crippen molar-refractivity contribution in [1.82, 2.24) is 15.2 Å². The van der Waals surface area contributed by atoms with Gasteiger partial charge < -0.3 is 10.2 Å². The number of piperidine rings is 1. The summed E-state index contributed by atoms with van der Waals surface area (Å²) >= 11 is 0. The number of rotatable bonds is 2. The van der Waals surface area contributed by atoms with Crippen LogP contribution in [0.1, 0.15) is 36.7 Å². The van der Waals surface area contributed by atoms with Gasteiger partial charge in [0.25, 0.3) is 0 Å².